The van der Waals surface area contributed by atoms with Gasteiger partial charge in [-0.15, -0.1) is 5.53 Å². The Hall–Kier alpha value is -4.09. The van der Waals surface area contributed by atoms with Crippen molar-refractivity contribution in [1.29, 1.82) is 0 Å². The van der Waals surface area contributed by atoms with E-state index in [1.54, 1.807) is 16.9 Å². The zero-order valence-electron chi connectivity index (χ0n) is 23.2. The predicted octanol–water partition coefficient (Wildman–Crippen LogP) is 6.02. The minimum Gasteiger partial charge on any atom is -0.384 e. The van der Waals surface area contributed by atoms with Crippen molar-refractivity contribution in [3.8, 4) is 0 Å². The lowest BCUT2D eigenvalue weighted by Gasteiger charge is -2.30. The minimum atomic E-state index is -4.39. The van der Waals surface area contributed by atoms with Crippen LogP contribution in [0.15, 0.2) is 73.1 Å². The van der Waals surface area contributed by atoms with Crippen LogP contribution < -0.4 is 27.4 Å². The van der Waals surface area contributed by atoms with Gasteiger partial charge in [0.05, 0.1) is 24.0 Å². The summed E-state index contributed by atoms with van der Waals surface area (Å²) in [5.74, 6) is 1.57. The molecule has 1 aliphatic heterocycles. The topological polar surface area (TPSA) is 105 Å². The Morgan fingerprint density at radius 3 is 2.60 bits per heavy atom. The van der Waals surface area contributed by atoms with E-state index in [-0.39, 0.29) is 12.5 Å². The summed E-state index contributed by atoms with van der Waals surface area (Å²) < 4.78 is 41.4. The molecule has 0 spiro atoms. The number of halogens is 3. The van der Waals surface area contributed by atoms with Gasteiger partial charge in [0.2, 0.25) is 0 Å². The number of anilines is 3. The minimum absolute atomic E-state index is 0.0679. The fourth-order valence-corrected chi connectivity index (χ4v) is 6.20. The van der Waals surface area contributed by atoms with Crippen LogP contribution in [-0.4, -0.2) is 27.4 Å². The SMILES string of the molecule is Nc1cc(C(CCNC2CCC(c3ccccc3)CC2)c2cnn(Cc3cccc(C(F)(F)F)c3)c2)c2c(n1)NNN2. The van der Waals surface area contributed by atoms with E-state index in [4.69, 9.17) is 5.73 Å². The summed E-state index contributed by atoms with van der Waals surface area (Å²) in [4.78, 5) is 4.38. The Balaban J connectivity index is 1.17. The Morgan fingerprint density at radius 1 is 1.00 bits per heavy atom. The third kappa shape index (κ3) is 6.37. The fourth-order valence-electron chi connectivity index (χ4n) is 6.20. The highest BCUT2D eigenvalue weighted by Crippen LogP contribution is 2.39. The molecule has 1 atom stereocenters. The molecule has 2 aromatic carbocycles. The summed E-state index contributed by atoms with van der Waals surface area (Å²) in [5, 5.41) is 8.30. The number of hydrogen-bond acceptors (Lipinski definition) is 7. The molecule has 6 N–H and O–H groups in total. The zero-order chi connectivity index (χ0) is 29.1. The van der Waals surface area contributed by atoms with E-state index in [1.807, 2.05) is 12.3 Å². The molecule has 0 radical (unpaired) electrons. The molecule has 8 nitrogen and oxygen atoms in total. The van der Waals surface area contributed by atoms with Gasteiger partial charge in [-0.25, -0.2) is 4.98 Å². The third-order valence-electron chi connectivity index (χ3n) is 8.33. The average molecular weight is 577 g/mol. The number of hydrazine groups is 2. The number of nitrogens with zero attached hydrogens (tertiary/aromatic N) is 3. The summed E-state index contributed by atoms with van der Waals surface area (Å²) in [5.41, 5.74) is 19.3. The maximum absolute atomic E-state index is 13.2. The molecule has 1 unspecified atom stereocenters. The molecular formula is C31H35F3N8. The van der Waals surface area contributed by atoms with Crippen LogP contribution >= 0.6 is 0 Å². The molecular weight excluding hydrogens is 541 g/mol. The second kappa shape index (κ2) is 12.0. The molecule has 0 amide bonds. The van der Waals surface area contributed by atoms with Gasteiger partial charge in [0.25, 0.3) is 0 Å². The van der Waals surface area contributed by atoms with E-state index >= 15 is 0 Å². The second-order valence-corrected chi connectivity index (χ2v) is 11.2. The van der Waals surface area contributed by atoms with E-state index in [1.165, 1.54) is 30.5 Å². The lowest BCUT2D eigenvalue weighted by Crippen LogP contribution is -2.34. The fraction of sp³-hybridized carbons (Fsp3) is 0.355. The summed E-state index contributed by atoms with van der Waals surface area (Å²) in [6.45, 7) is 1.03. The standard InChI is InChI=1S/C31H35F3N8/c32-31(33,34)24-8-4-5-20(15-24)18-42-19-23(17-37-42)26(27-16-28(35)38-30-29(27)39-41-40-30)13-14-36-25-11-9-22(10-12-25)21-6-2-1-3-7-21/h1-8,15-17,19,22,25-26,36,39,41H,9-14,18H2,(H3,35,38,40). The van der Waals surface area contributed by atoms with Crippen molar-refractivity contribution in [2.24, 2.45) is 0 Å². The molecule has 0 bridgehead atoms. The molecule has 1 aliphatic carbocycles. The molecule has 1 fully saturated rings. The molecule has 220 valence electrons. The van der Waals surface area contributed by atoms with E-state index in [2.05, 4.69) is 62.1 Å². The zero-order valence-corrected chi connectivity index (χ0v) is 23.2. The number of nitrogen functional groups attached to an aromatic ring is 1. The molecule has 2 aliphatic rings. The van der Waals surface area contributed by atoms with Crippen LogP contribution in [-0.2, 0) is 12.7 Å². The van der Waals surface area contributed by atoms with Gasteiger partial charge in [0.1, 0.15) is 5.82 Å². The average Bonchev–Trinajstić information content (AvgIpc) is 3.65. The van der Waals surface area contributed by atoms with Gasteiger partial charge >= 0.3 is 6.18 Å². The van der Waals surface area contributed by atoms with Crippen LogP contribution in [0.3, 0.4) is 0 Å². The Labute approximate surface area is 242 Å². The van der Waals surface area contributed by atoms with Gasteiger partial charge in [-0.2, -0.15) is 18.3 Å². The van der Waals surface area contributed by atoms with Crippen LogP contribution in [0.25, 0.3) is 0 Å². The Kier molecular flexibility index (Phi) is 8.03. The number of hydrogen-bond donors (Lipinski definition) is 5. The van der Waals surface area contributed by atoms with Gasteiger partial charge in [-0.1, -0.05) is 42.5 Å². The number of rotatable bonds is 9. The lowest BCUT2D eigenvalue weighted by molar-refractivity contribution is -0.137. The maximum atomic E-state index is 13.2. The highest BCUT2D eigenvalue weighted by atomic mass is 19.4. The number of pyridine rings is 1. The Bertz CT molecular complexity index is 1500. The van der Waals surface area contributed by atoms with Crippen molar-refractivity contribution in [3.05, 3.63) is 101 Å². The first-order chi connectivity index (χ1) is 20.3. The van der Waals surface area contributed by atoms with Gasteiger partial charge < -0.3 is 16.5 Å². The molecule has 6 rings (SSSR count). The van der Waals surface area contributed by atoms with Crippen molar-refractivity contribution in [1.82, 2.24) is 25.6 Å². The summed E-state index contributed by atoms with van der Waals surface area (Å²) in [7, 11) is 0. The molecule has 0 saturated heterocycles. The summed E-state index contributed by atoms with van der Waals surface area (Å²) >= 11 is 0. The number of benzene rings is 2. The van der Waals surface area contributed by atoms with Crippen LogP contribution in [0.4, 0.5) is 30.5 Å². The monoisotopic (exact) mass is 576 g/mol. The first-order valence-electron chi connectivity index (χ1n) is 14.4. The van der Waals surface area contributed by atoms with Gasteiger partial charge in [-0.05, 0) is 85.0 Å². The van der Waals surface area contributed by atoms with E-state index < -0.39 is 11.7 Å². The van der Waals surface area contributed by atoms with Crippen molar-refractivity contribution >= 4 is 17.3 Å². The van der Waals surface area contributed by atoms with Crippen LogP contribution in [0, 0.1) is 0 Å². The van der Waals surface area contributed by atoms with Crippen molar-refractivity contribution < 1.29 is 13.2 Å². The summed E-state index contributed by atoms with van der Waals surface area (Å²) in [6, 6.07) is 18.5. The van der Waals surface area contributed by atoms with Crippen molar-refractivity contribution in [2.75, 3.05) is 23.1 Å². The van der Waals surface area contributed by atoms with Gasteiger partial charge in [-0.3, -0.25) is 10.1 Å². The van der Waals surface area contributed by atoms with E-state index in [9.17, 15) is 13.2 Å². The van der Waals surface area contributed by atoms with E-state index in [0.717, 1.165) is 48.7 Å². The maximum Gasteiger partial charge on any atom is 0.416 e. The first-order valence-corrected chi connectivity index (χ1v) is 14.4. The lowest BCUT2D eigenvalue weighted by atomic mass is 9.81. The van der Waals surface area contributed by atoms with Crippen LogP contribution in [0.5, 0.6) is 0 Å². The number of nitrogens with one attached hydrogen (secondary N) is 4. The van der Waals surface area contributed by atoms with Crippen LogP contribution in [0.1, 0.15) is 71.8 Å². The number of nitrogens with two attached hydrogens (primary N) is 1. The first kappa shape index (κ1) is 28.0. The van der Waals surface area contributed by atoms with Crippen LogP contribution in [0.2, 0.25) is 0 Å². The molecule has 3 heterocycles. The normalized spacial score (nSPS) is 19.1. The quantitative estimate of drug-likeness (QED) is 0.166. The Morgan fingerprint density at radius 2 is 1.81 bits per heavy atom. The third-order valence-corrected chi connectivity index (χ3v) is 8.33. The van der Waals surface area contributed by atoms with Gasteiger partial charge in [0.15, 0.2) is 5.82 Å². The molecule has 1 saturated carbocycles. The number of fused-ring (bicyclic) bond motifs is 1. The van der Waals surface area contributed by atoms with E-state index in [0.29, 0.717) is 29.2 Å². The van der Waals surface area contributed by atoms with Gasteiger partial charge in [0, 0.05) is 18.2 Å². The largest absolute Gasteiger partial charge is 0.416 e. The predicted molar refractivity (Wildman–Crippen MR) is 158 cm³/mol. The molecule has 42 heavy (non-hydrogen) atoms. The summed E-state index contributed by atoms with van der Waals surface area (Å²) in [6.07, 6.45) is 4.70. The molecule has 2 aromatic heterocycles. The highest BCUT2D eigenvalue weighted by molar-refractivity contribution is 5.75. The van der Waals surface area contributed by atoms with Crippen molar-refractivity contribution in [3.63, 3.8) is 0 Å². The number of aromatic nitrogens is 3. The molecule has 11 heteroatoms. The highest BCUT2D eigenvalue weighted by Gasteiger charge is 2.30. The second-order valence-electron chi connectivity index (χ2n) is 11.2. The van der Waals surface area contributed by atoms with Crippen molar-refractivity contribution in [2.45, 2.75) is 62.7 Å². The smallest absolute Gasteiger partial charge is 0.384 e. The number of alkyl halides is 3. The molecule has 4 aromatic rings.